The topological polar surface area (TPSA) is 48.9 Å². The Morgan fingerprint density at radius 2 is 1.74 bits per heavy atom. The molecule has 0 atom stereocenters. The number of fused-ring (bicyclic) bond motifs is 6. The molecule has 5 heteroatoms. The van der Waals surface area contributed by atoms with Crippen LogP contribution < -0.4 is 5.46 Å². The summed E-state index contributed by atoms with van der Waals surface area (Å²) in [6.45, 7) is 2.17. The van der Waals surface area contributed by atoms with Gasteiger partial charge in [0.25, 0.3) is 0 Å². The fourth-order valence-corrected chi connectivity index (χ4v) is 4.11. The highest BCUT2D eigenvalue weighted by Gasteiger charge is 2.15. The molecule has 5 rings (SSSR count). The minimum Gasteiger partial charge on any atom is -0.508 e. The lowest BCUT2D eigenvalue weighted by molar-refractivity contribution is 0.475. The molecule has 0 aliphatic heterocycles. The average Bonchev–Trinajstić information content (AvgIpc) is 3.13. The predicted octanol–water partition coefficient (Wildman–Crippen LogP) is 5.11. The van der Waals surface area contributed by atoms with Crippen molar-refractivity contribution in [2.24, 2.45) is 0 Å². The van der Waals surface area contributed by atoms with E-state index in [1.54, 1.807) is 12.1 Å². The quantitative estimate of drug-likeness (QED) is 0.311. The molecule has 0 unspecified atom stereocenters. The fourth-order valence-electron chi connectivity index (χ4n) is 3.75. The zero-order valence-electron chi connectivity index (χ0n) is 14.8. The molecule has 1 heterocycles. The third-order valence-corrected chi connectivity index (χ3v) is 5.61. The van der Waals surface area contributed by atoms with Gasteiger partial charge in [-0.25, -0.2) is 4.98 Å². The van der Waals surface area contributed by atoms with Gasteiger partial charge >= 0.3 is 0 Å². The number of H-pyrrole nitrogens is 1. The molecule has 3 nitrogen and oxygen atoms in total. The zero-order chi connectivity index (χ0) is 18.5. The summed E-state index contributed by atoms with van der Waals surface area (Å²) in [6.07, 6.45) is 0. The first kappa shape index (κ1) is 16.4. The van der Waals surface area contributed by atoms with Crippen LogP contribution in [0.4, 0.5) is 0 Å². The Morgan fingerprint density at radius 1 is 0.926 bits per heavy atom. The van der Waals surface area contributed by atoms with Crippen LogP contribution in [0.15, 0.2) is 65.1 Å². The minimum absolute atomic E-state index is 0.235. The number of nitrogens with zero attached hydrogens (tertiary/aromatic N) is 1. The molecule has 1 aromatic heterocycles. The van der Waals surface area contributed by atoms with Crippen LogP contribution in [-0.4, -0.2) is 22.4 Å². The van der Waals surface area contributed by atoms with Gasteiger partial charge in [-0.2, -0.15) is 0 Å². The monoisotopic (exact) mass is 414 g/mol. The lowest BCUT2D eigenvalue weighted by atomic mass is 9.72. The summed E-state index contributed by atoms with van der Waals surface area (Å²) in [6, 6.07) is 20.2. The minimum atomic E-state index is 0.235. The first-order chi connectivity index (χ1) is 13.1. The first-order valence-electron chi connectivity index (χ1n) is 8.97. The number of phenolic OH excluding ortho intramolecular Hbond substituents is 1. The second-order valence-electron chi connectivity index (χ2n) is 6.78. The van der Waals surface area contributed by atoms with Crippen molar-refractivity contribution in [1.29, 1.82) is 0 Å². The molecular formula is C22H16BBrN2O. The maximum absolute atomic E-state index is 9.85. The van der Waals surface area contributed by atoms with Crippen LogP contribution in [0.1, 0.15) is 0 Å². The summed E-state index contributed by atoms with van der Waals surface area (Å²) in [5, 5.41) is 14.5. The van der Waals surface area contributed by atoms with Gasteiger partial charge in [0.05, 0.1) is 11.0 Å². The number of nitrogens with one attached hydrogen (secondary N) is 1. The van der Waals surface area contributed by atoms with Crippen molar-refractivity contribution in [3.8, 4) is 17.1 Å². The molecule has 0 saturated carbocycles. The van der Waals surface area contributed by atoms with Crippen molar-refractivity contribution < 1.29 is 5.11 Å². The maximum Gasteiger partial charge on any atom is 0.154 e. The van der Waals surface area contributed by atoms with Gasteiger partial charge in [-0.15, -0.1) is 0 Å². The Balaban J connectivity index is 1.95. The second-order valence-corrected chi connectivity index (χ2v) is 7.70. The third kappa shape index (κ3) is 2.61. The number of benzene rings is 4. The number of hydrogen-bond acceptors (Lipinski definition) is 2. The Labute approximate surface area is 165 Å². The number of rotatable bonds is 2. The van der Waals surface area contributed by atoms with E-state index >= 15 is 0 Å². The highest BCUT2D eigenvalue weighted by Crippen LogP contribution is 2.36. The number of aromatic amines is 1. The van der Waals surface area contributed by atoms with Crippen molar-refractivity contribution in [2.75, 3.05) is 0 Å². The van der Waals surface area contributed by atoms with Gasteiger partial charge in [-0.1, -0.05) is 64.6 Å². The molecular weight excluding hydrogens is 399 g/mol. The van der Waals surface area contributed by atoms with Crippen molar-refractivity contribution in [3.05, 3.63) is 65.1 Å². The number of aromatic hydroxyl groups is 1. The van der Waals surface area contributed by atoms with Gasteiger partial charge in [0, 0.05) is 20.8 Å². The maximum atomic E-state index is 9.85. The highest BCUT2D eigenvalue weighted by atomic mass is 79.9. The van der Waals surface area contributed by atoms with Crippen molar-refractivity contribution in [1.82, 2.24) is 9.97 Å². The lowest BCUT2D eigenvalue weighted by Gasteiger charge is -2.08. The van der Waals surface area contributed by atoms with E-state index in [1.165, 1.54) is 16.2 Å². The molecule has 2 N–H and O–H groups in total. The van der Waals surface area contributed by atoms with E-state index in [2.05, 4.69) is 64.1 Å². The van der Waals surface area contributed by atoms with Crippen LogP contribution in [0, 0.1) is 0 Å². The largest absolute Gasteiger partial charge is 0.508 e. The summed E-state index contributed by atoms with van der Waals surface area (Å²) in [7, 11) is 0.986. The summed E-state index contributed by atoms with van der Waals surface area (Å²) >= 11 is 3.60. The van der Waals surface area contributed by atoms with E-state index in [1.807, 2.05) is 12.1 Å². The van der Waals surface area contributed by atoms with E-state index in [-0.39, 0.29) is 5.75 Å². The molecule has 4 aromatic carbocycles. The van der Waals surface area contributed by atoms with Gasteiger partial charge in [0.1, 0.15) is 11.6 Å². The number of aromatic nitrogens is 2. The second kappa shape index (κ2) is 6.13. The SMILES string of the molecule is CBc1ccc2c3ccc(Br)cc3c3[nH]c(-c4cccc(O)c4)nc3c2c1. The smallest absolute Gasteiger partial charge is 0.154 e. The summed E-state index contributed by atoms with van der Waals surface area (Å²) in [5.74, 6) is 0.996. The van der Waals surface area contributed by atoms with E-state index in [0.29, 0.717) is 0 Å². The van der Waals surface area contributed by atoms with Crippen LogP contribution in [0.5, 0.6) is 5.75 Å². The average molecular weight is 415 g/mol. The van der Waals surface area contributed by atoms with Crippen LogP contribution in [0.2, 0.25) is 6.82 Å². The number of imidazole rings is 1. The first-order valence-corrected chi connectivity index (χ1v) is 9.76. The van der Waals surface area contributed by atoms with Gasteiger partial charge < -0.3 is 10.1 Å². The molecule has 0 radical (unpaired) electrons. The van der Waals surface area contributed by atoms with E-state index in [0.717, 1.165) is 44.9 Å². The van der Waals surface area contributed by atoms with Crippen molar-refractivity contribution in [2.45, 2.75) is 6.82 Å². The van der Waals surface area contributed by atoms with Crippen LogP contribution in [-0.2, 0) is 0 Å². The fraction of sp³-hybridized carbons (Fsp3) is 0.0455. The Bertz CT molecular complexity index is 1340. The number of hydrogen-bond donors (Lipinski definition) is 2. The van der Waals surface area contributed by atoms with E-state index in [4.69, 9.17) is 4.98 Å². The molecule has 27 heavy (non-hydrogen) atoms. The van der Waals surface area contributed by atoms with E-state index < -0.39 is 0 Å². The number of halogens is 1. The molecule has 0 aliphatic rings. The van der Waals surface area contributed by atoms with Crippen LogP contribution >= 0.6 is 15.9 Å². The van der Waals surface area contributed by atoms with Gasteiger partial charge in [-0.3, -0.25) is 0 Å². The molecule has 0 saturated heterocycles. The molecule has 5 aromatic rings. The number of phenols is 1. The highest BCUT2D eigenvalue weighted by molar-refractivity contribution is 9.10. The summed E-state index contributed by atoms with van der Waals surface area (Å²) < 4.78 is 1.04. The molecule has 0 fully saturated rings. The predicted molar refractivity (Wildman–Crippen MR) is 119 cm³/mol. The van der Waals surface area contributed by atoms with Crippen molar-refractivity contribution >= 4 is 61.3 Å². The molecule has 0 bridgehead atoms. The summed E-state index contributed by atoms with van der Waals surface area (Å²) in [5.41, 5.74) is 4.14. The van der Waals surface area contributed by atoms with E-state index in [9.17, 15) is 5.11 Å². The Kier molecular flexibility index (Phi) is 3.72. The van der Waals surface area contributed by atoms with Crippen LogP contribution in [0.25, 0.3) is 44.0 Å². The third-order valence-electron chi connectivity index (χ3n) is 5.11. The van der Waals surface area contributed by atoms with Gasteiger partial charge in [0.15, 0.2) is 7.28 Å². The standard InChI is InChI=1S/C22H16BBrN2O/c1-23-13-5-7-16-17-8-6-14(24)11-19(17)21-20(18(16)10-13)25-22(26-21)12-3-2-4-15(27)9-12/h2-11,23,27H,1H3,(H,25,26). The zero-order valence-corrected chi connectivity index (χ0v) is 16.3. The van der Waals surface area contributed by atoms with Crippen molar-refractivity contribution in [3.63, 3.8) is 0 Å². The Morgan fingerprint density at radius 3 is 2.56 bits per heavy atom. The van der Waals surface area contributed by atoms with Crippen LogP contribution in [0.3, 0.4) is 0 Å². The molecule has 130 valence electrons. The molecule has 0 spiro atoms. The molecule has 0 amide bonds. The molecule has 0 aliphatic carbocycles. The normalized spacial score (nSPS) is 11.5. The lowest BCUT2D eigenvalue weighted by Crippen LogP contribution is -2.09. The van der Waals surface area contributed by atoms with Gasteiger partial charge in [0.2, 0.25) is 0 Å². The summed E-state index contributed by atoms with van der Waals surface area (Å²) in [4.78, 5) is 8.42. The van der Waals surface area contributed by atoms with Gasteiger partial charge in [-0.05, 0) is 35.0 Å². The Hall–Kier alpha value is -2.79.